The molecule has 0 radical (unpaired) electrons. The molecule has 1 aliphatic rings. The molecule has 0 saturated carbocycles. The number of hydrogen-bond acceptors (Lipinski definition) is 2. The topological polar surface area (TPSA) is 24.5 Å². The van der Waals surface area contributed by atoms with E-state index in [0.29, 0.717) is 12.1 Å². The third-order valence-corrected chi connectivity index (χ3v) is 2.92. The Hall–Kier alpha value is -0.350. The van der Waals surface area contributed by atoms with Crippen molar-refractivity contribution in [2.24, 2.45) is 0 Å². The Balaban J connectivity index is 2.27. The van der Waals surface area contributed by atoms with Crippen LogP contribution in [0.25, 0.3) is 0 Å². The lowest BCUT2D eigenvalue weighted by atomic mass is 10.1. The number of nitrogens with one attached hydrogen (secondary N) is 1. The van der Waals surface area contributed by atoms with Gasteiger partial charge in [0.25, 0.3) is 0 Å². The fraction of sp³-hybridized carbons (Fsp3) is 0.909. The van der Waals surface area contributed by atoms with Crippen LogP contribution in [0.3, 0.4) is 0 Å². The third-order valence-electron chi connectivity index (χ3n) is 2.54. The predicted octanol–water partition coefficient (Wildman–Crippen LogP) is 1.77. The number of piperidine rings is 1. The summed E-state index contributed by atoms with van der Waals surface area (Å²) in [6.45, 7) is 9.13. The molecule has 0 aliphatic carbocycles. The van der Waals surface area contributed by atoms with E-state index >= 15 is 0 Å². The molecular formula is C11H22N2OS. The molecule has 0 spiro atoms. The van der Waals surface area contributed by atoms with Gasteiger partial charge in [0, 0.05) is 25.7 Å². The highest BCUT2D eigenvalue weighted by Gasteiger charge is 2.20. The average molecular weight is 230 g/mol. The minimum Gasteiger partial charge on any atom is -0.378 e. The van der Waals surface area contributed by atoms with E-state index in [2.05, 4.69) is 31.0 Å². The van der Waals surface area contributed by atoms with Gasteiger partial charge < -0.3 is 15.0 Å². The summed E-state index contributed by atoms with van der Waals surface area (Å²) in [5.41, 5.74) is 0. The number of thiocarbonyl (C=S) groups is 1. The Bertz CT molecular complexity index is 201. The molecule has 1 fully saturated rings. The van der Waals surface area contributed by atoms with Gasteiger partial charge in [0.2, 0.25) is 0 Å². The van der Waals surface area contributed by atoms with Gasteiger partial charge in [-0.05, 0) is 45.8 Å². The van der Waals surface area contributed by atoms with Crippen molar-refractivity contribution >= 4 is 17.3 Å². The van der Waals surface area contributed by atoms with Crippen LogP contribution in [0.5, 0.6) is 0 Å². The Morgan fingerprint density at radius 2 is 2.07 bits per heavy atom. The van der Waals surface area contributed by atoms with Crippen molar-refractivity contribution in [1.82, 2.24) is 10.2 Å². The Morgan fingerprint density at radius 1 is 1.47 bits per heavy atom. The van der Waals surface area contributed by atoms with E-state index in [4.69, 9.17) is 17.0 Å². The summed E-state index contributed by atoms with van der Waals surface area (Å²) in [7, 11) is 0. The number of rotatable bonds is 3. The van der Waals surface area contributed by atoms with E-state index in [0.717, 1.165) is 37.7 Å². The van der Waals surface area contributed by atoms with Gasteiger partial charge in [-0.2, -0.15) is 0 Å². The minimum atomic E-state index is 0.419. The van der Waals surface area contributed by atoms with E-state index in [1.807, 2.05) is 0 Å². The highest BCUT2D eigenvalue weighted by molar-refractivity contribution is 7.80. The van der Waals surface area contributed by atoms with Crippen LogP contribution in [0, 0.1) is 0 Å². The maximum absolute atomic E-state index is 5.60. The first kappa shape index (κ1) is 12.7. The van der Waals surface area contributed by atoms with Crippen LogP contribution >= 0.6 is 12.2 Å². The molecule has 0 aromatic carbocycles. The smallest absolute Gasteiger partial charge is 0.169 e. The molecule has 0 atom stereocenters. The molecule has 1 heterocycles. The summed E-state index contributed by atoms with van der Waals surface area (Å²) in [6, 6.07) is 0.419. The Kier molecular flexibility index (Phi) is 5.32. The summed E-state index contributed by atoms with van der Waals surface area (Å²) >= 11 is 5.33. The van der Waals surface area contributed by atoms with Crippen molar-refractivity contribution in [3.8, 4) is 0 Å². The zero-order valence-corrected chi connectivity index (χ0v) is 10.8. The molecule has 15 heavy (non-hydrogen) atoms. The van der Waals surface area contributed by atoms with Crippen molar-refractivity contribution in [1.29, 1.82) is 0 Å². The van der Waals surface area contributed by atoms with Gasteiger partial charge in [-0.25, -0.2) is 0 Å². The van der Waals surface area contributed by atoms with Crippen LogP contribution in [-0.4, -0.2) is 41.9 Å². The highest BCUT2D eigenvalue weighted by Crippen LogP contribution is 2.13. The molecule has 1 N–H and O–H groups in total. The third kappa shape index (κ3) is 4.34. The number of nitrogens with zero attached hydrogens (tertiary/aromatic N) is 1. The molecule has 0 bridgehead atoms. The van der Waals surface area contributed by atoms with Gasteiger partial charge in [0.05, 0.1) is 6.10 Å². The quantitative estimate of drug-likeness (QED) is 0.747. The highest BCUT2D eigenvalue weighted by atomic mass is 32.1. The fourth-order valence-electron chi connectivity index (χ4n) is 1.80. The van der Waals surface area contributed by atoms with Crippen molar-refractivity contribution < 1.29 is 4.74 Å². The first-order valence-corrected chi connectivity index (χ1v) is 6.21. The van der Waals surface area contributed by atoms with E-state index in [1.54, 1.807) is 0 Å². The largest absolute Gasteiger partial charge is 0.378 e. The summed E-state index contributed by atoms with van der Waals surface area (Å²) in [5, 5.41) is 4.16. The van der Waals surface area contributed by atoms with Gasteiger partial charge in [-0.15, -0.1) is 0 Å². The summed E-state index contributed by atoms with van der Waals surface area (Å²) in [5.74, 6) is 0. The summed E-state index contributed by atoms with van der Waals surface area (Å²) in [6.07, 6.45) is 2.62. The monoisotopic (exact) mass is 230 g/mol. The van der Waals surface area contributed by atoms with Crippen LogP contribution in [0.2, 0.25) is 0 Å². The van der Waals surface area contributed by atoms with Crippen LogP contribution in [0.1, 0.15) is 33.6 Å². The van der Waals surface area contributed by atoms with E-state index in [9.17, 15) is 0 Å². The Labute approximate surface area is 98.2 Å². The zero-order chi connectivity index (χ0) is 11.3. The van der Waals surface area contributed by atoms with Gasteiger partial charge in [-0.1, -0.05) is 0 Å². The van der Waals surface area contributed by atoms with Gasteiger partial charge >= 0.3 is 0 Å². The van der Waals surface area contributed by atoms with Crippen LogP contribution in [0.15, 0.2) is 0 Å². The van der Waals surface area contributed by atoms with Crippen molar-refractivity contribution in [3.63, 3.8) is 0 Å². The van der Waals surface area contributed by atoms with Gasteiger partial charge in [0.1, 0.15) is 0 Å². The normalized spacial score (nSPS) is 18.3. The second-order valence-electron chi connectivity index (χ2n) is 4.25. The van der Waals surface area contributed by atoms with E-state index in [1.165, 1.54) is 0 Å². The van der Waals surface area contributed by atoms with E-state index in [-0.39, 0.29) is 0 Å². The lowest BCUT2D eigenvalue weighted by Crippen LogP contribution is -2.47. The molecule has 0 aromatic heterocycles. The molecule has 4 heteroatoms. The SMILES string of the molecule is CCOC1CCN(C(=S)NC(C)C)CC1. The number of hydrogen-bond donors (Lipinski definition) is 1. The molecule has 88 valence electrons. The minimum absolute atomic E-state index is 0.419. The van der Waals surface area contributed by atoms with Crippen molar-refractivity contribution in [3.05, 3.63) is 0 Å². The fourth-order valence-corrected chi connectivity index (χ4v) is 2.22. The van der Waals surface area contributed by atoms with E-state index < -0.39 is 0 Å². The summed E-state index contributed by atoms with van der Waals surface area (Å²) in [4.78, 5) is 2.24. The lowest BCUT2D eigenvalue weighted by molar-refractivity contribution is 0.0267. The van der Waals surface area contributed by atoms with Crippen LogP contribution in [-0.2, 0) is 4.74 Å². The standard InChI is InChI=1S/C11H22N2OS/c1-4-14-10-5-7-13(8-6-10)11(15)12-9(2)3/h9-10H,4-8H2,1-3H3,(H,12,15). The molecule has 3 nitrogen and oxygen atoms in total. The maximum atomic E-state index is 5.60. The first-order chi connectivity index (χ1) is 7.13. The Morgan fingerprint density at radius 3 is 2.53 bits per heavy atom. The number of likely N-dealkylation sites (tertiary alicyclic amines) is 1. The molecular weight excluding hydrogens is 208 g/mol. The predicted molar refractivity (Wildman–Crippen MR) is 67.1 cm³/mol. The molecule has 0 unspecified atom stereocenters. The molecule has 1 aliphatic heterocycles. The van der Waals surface area contributed by atoms with Crippen LogP contribution in [0.4, 0.5) is 0 Å². The molecule has 0 amide bonds. The van der Waals surface area contributed by atoms with Gasteiger partial charge in [-0.3, -0.25) is 0 Å². The van der Waals surface area contributed by atoms with Crippen molar-refractivity contribution in [2.45, 2.75) is 45.8 Å². The second-order valence-corrected chi connectivity index (χ2v) is 4.63. The molecule has 1 saturated heterocycles. The lowest BCUT2D eigenvalue weighted by Gasteiger charge is -2.34. The zero-order valence-electron chi connectivity index (χ0n) is 9.95. The molecule has 0 aromatic rings. The maximum Gasteiger partial charge on any atom is 0.169 e. The van der Waals surface area contributed by atoms with Crippen molar-refractivity contribution in [2.75, 3.05) is 19.7 Å². The second kappa shape index (κ2) is 6.28. The molecule has 1 rings (SSSR count). The average Bonchev–Trinajstić information content (AvgIpc) is 2.18. The number of ether oxygens (including phenoxy) is 1. The van der Waals surface area contributed by atoms with Gasteiger partial charge in [0.15, 0.2) is 5.11 Å². The first-order valence-electron chi connectivity index (χ1n) is 5.80. The van der Waals surface area contributed by atoms with Crippen LogP contribution < -0.4 is 5.32 Å². The summed E-state index contributed by atoms with van der Waals surface area (Å²) < 4.78 is 5.60.